The zero-order chi connectivity index (χ0) is 21.7. The van der Waals surface area contributed by atoms with E-state index in [1.807, 2.05) is 12.1 Å². The molecular weight excluding hydrogens is 404 g/mol. The molecule has 0 bridgehead atoms. The summed E-state index contributed by atoms with van der Waals surface area (Å²) in [5.41, 5.74) is 1.13. The van der Waals surface area contributed by atoms with Crippen LogP contribution in [0.25, 0.3) is 0 Å². The third-order valence-corrected chi connectivity index (χ3v) is 8.24. The van der Waals surface area contributed by atoms with E-state index in [9.17, 15) is 23.1 Å². The fourth-order valence-corrected chi connectivity index (χ4v) is 5.89. The van der Waals surface area contributed by atoms with Crippen molar-refractivity contribution in [2.45, 2.75) is 56.8 Å². The van der Waals surface area contributed by atoms with Gasteiger partial charge in [-0.15, -0.1) is 0 Å². The minimum atomic E-state index is -3.60. The van der Waals surface area contributed by atoms with E-state index in [4.69, 9.17) is 0 Å². The quantitative estimate of drug-likeness (QED) is 0.709. The molecule has 1 saturated heterocycles. The van der Waals surface area contributed by atoms with Gasteiger partial charge in [-0.3, -0.25) is 9.59 Å². The van der Waals surface area contributed by atoms with Crippen LogP contribution in [0.5, 0.6) is 0 Å². The SMILES string of the molecule is CCCCc1ccc(S(=O)(=O)N2CCN(C(=O)[C@@H]3CCCC[C@@H]3C(=O)O)CC2)cc1. The van der Waals surface area contributed by atoms with Gasteiger partial charge in [-0.25, -0.2) is 8.42 Å². The molecule has 2 fully saturated rings. The van der Waals surface area contributed by atoms with Gasteiger partial charge in [-0.2, -0.15) is 4.31 Å². The number of hydrogen-bond acceptors (Lipinski definition) is 4. The van der Waals surface area contributed by atoms with Gasteiger partial charge in [0.2, 0.25) is 15.9 Å². The van der Waals surface area contributed by atoms with Crippen molar-refractivity contribution in [1.29, 1.82) is 0 Å². The maximum Gasteiger partial charge on any atom is 0.307 e. The number of nitrogens with zero attached hydrogens (tertiary/aromatic N) is 2. The van der Waals surface area contributed by atoms with E-state index in [0.717, 1.165) is 37.7 Å². The number of aryl methyl sites for hydroxylation is 1. The Labute approximate surface area is 179 Å². The standard InChI is InChI=1S/C22H32N2O5S/c1-2-3-6-17-9-11-18(12-10-17)30(28,29)24-15-13-23(14-16-24)21(25)19-7-4-5-8-20(19)22(26)27/h9-12,19-20H,2-8,13-16H2,1H3,(H,26,27)/t19-,20+/m1/s1. The number of carboxylic acid groups (broad SMARTS) is 1. The average molecular weight is 437 g/mol. The van der Waals surface area contributed by atoms with Crippen LogP contribution in [-0.2, 0) is 26.0 Å². The number of piperazine rings is 1. The van der Waals surface area contributed by atoms with Crippen LogP contribution in [0.3, 0.4) is 0 Å². The van der Waals surface area contributed by atoms with Crippen LogP contribution < -0.4 is 0 Å². The van der Waals surface area contributed by atoms with Crippen molar-refractivity contribution < 1.29 is 23.1 Å². The van der Waals surface area contributed by atoms with Crippen molar-refractivity contribution >= 4 is 21.9 Å². The highest BCUT2D eigenvalue weighted by atomic mass is 32.2. The van der Waals surface area contributed by atoms with Crippen molar-refractivity contribution in [2.24, 2.45) is 11.8 Å². The maximum absolute atomic E-state index is 13.0. The normalized spacial score (nSPS) is 23.3. The van der Waals surface area contributed by atoms with Crippen LogP contribution in [0, 0.1) is 11.8 Å². The van der Waals surface area contributed by atoms with Gasteiger partial charge in [-0.1, -0.05) is 38.3 Å². The fraction of sp³-hybridized carbons (Fsp3) is 0.636. The van der Waals surface area contributed by atoms with Gasteiger partial charge in [0, 0.05) is 26.2 Å². The topological polar surface area (TPSA) is 95.0 Å². The molecule has 1 aliphatic carbocycles. The minimum Gasteiger partial charge on any atom is -0.481 e. The molecule has 0 radical (unpaired) electrons. The zero-order valence-electron chi connectivity index (χ0n) is 17.6. The lowest BCUT2D eigenvalue weighted by Crippen LogP contribution is -2.53. The Morgan fingerprint density at radius 2 is 1.60 bits per heavy atom. The van der Waals surface area contributed by atoms with Crippen LogP contribution in [0.2, 0.25) is 0 Å². The average Bonchev–Trinajstić information content (AvgIpc) is 2.77. The highest BCUT2D eigenvalue weighted by Gasteiger charge is 2.39. The molecule has 1 aromatic carbocycles. The van der Waals surface area contributed by atoms with E-state index < -0.39 is 27.8 Å². The number of carbonyl (C=O) groups is 2. The van der Waals surface area contributed by atoms with Crippen molar-refractivity contribution in [3.63, 3.8) is 0 Å². The van der Waals surface area contributed by atoms with Crippen LogP contribution in [0.1, 0.15) is 51.0 Å². The molecule has 7 nitrogen and oxygen atoms in total. The number of rotatable bonds is 7. The van der Waals surface area contributed by atoms with E-state index in [1.54, 1.807) is 17.0 Å². The lowest BCUT2D eigenvalue weighted by Gasteiger charge is -2.38. The van der Waals surface area contributed by atoms with Crippen LogP contribution in [-0.4, -0.2) is 60.8 Å². The summed E-state index contributed by atoms with van der Waals surface area (Å²) in [7, 11) is -3.60. The summed E-state index contributed by atoms with van der Waals surface area (Å²) >= 11 is 0. The molecule has 0 spiro atoms. The summed E-state index contributed by atoms with van der Waals surface area (Å²) in [6.45, 7) is 3.19. The van der Waals surface area contributed by atoms with Crippen LogP contribution >= 0.6 is 0 Å². The Kier molecular flexibility index (Phi) is 7.52. The molecule has 1 amide bonds. The van der Waals surface area contributed by atoms with Crippen molar-refractivity contribution in [1.82, 2.24) is 9.21 Å². The van der Waals surface area contributed by atoms with Crippen molar-refractivity contribution in [3.05, 3.63) is 29.8 Å². The number of sulfonamides is 1. The third kappa shape index (κ3) is 5.03. The summed E-state index contributed by atoms with van der Waals surface area (Å²) in [5, 5.41) is 9.44. The van der Waals surface area contributed by atoms with Gasteiger partial charge in [0.1, 0.15) is 0 Å². The number of unbranched alkanes of at least 4 members (excludes halogenated alkanes) is 1. The first kappa shape index (κ1) is 22.7. The Morgan fingerprint density at radius 1 is 1.00 bits per heavy atom. The Morgan fingerprint density at radius 3 is 2.17 bits per heavy atom. The summed E-state index contributed by atoms with van der Waals surface area (Å²) < 4.78 is 27.4. The lowest BCUT2D eigenvalue weighted by molar-refractivity contribution is -0.152. The number of benzene rings is 1. The largest absolute Gasteiger partial charge is 0.481 e. The molecule has 2 atom stereocenters. The fourth-order valence-electron chi connectivity index (χ4n) is 4.46. The summed E-state index contributed by atoms with van der Waals surface area (Å²) in [6, 6.07) is 7.07. The molecule has 1 aromatic rings. The molecule has 3 rings (SSSR count). The highest BCUT2D eigenvalue weighted by molar-refractivity contribution is 7.89. The summed E-state index contributed by atoms with van der Waals surface area (Å²) in [6.07, 6.45) is 5.94. The van der Waals surface area contributed by atoms with E-state index >= 15 is 0 Å². The Balaban J connectivity index is 1.61. The second-order valence-electron chi connectivity index (χ2n) is 8.31. The lowest BCUT2D eigenvalue weighted by atomic mass is 9.78. The van der Waals surface area contributed by atoms with E-state index in [1.165, 1.54) is 4.31 Å². The van der Waals surface area contributed by atoms with Gasteiger partial charge < -0.3 is 10.0 Å². The first-order chi connectivity index (χ1) is 14.3. The monoisotopic (exact) mass is 436 g/mol. The zero-order valence-corrected chi connectivity index (χ0v) is 18.4. The number of amides is 1. The molecule has 166 valence electrons. The van der Waals surface area contributed by atoms with E-state index in [2.05, 4.69) is 6.92 Å². The molecular formula is C22H32N2O5S. The molecule has 30 heavy (non-hydrogen) atoms. The first-order valence-corrected chi connectivity index (χ1v) is 12.4. The maximum atomic E-state index is 13.0. The molecule has 2 aliphatic rings. The van der Waals surface area contributed by atoms with Gasteiger partial charge in [0.05, 0.1) is 16.7 Å². The minimum absolute atomic E-state index is 0.139. The molecule has 1 saturated carbocycles. The number of aliphatic carboxylic acids is 1. The van der Waals surface area contributed by atoms with Crippen LogP contribution in [0.15, 0.2) is 29.2 Å². The summed E-state index contributed by atoms with van der Waals surface area (Å²) in [4.78, 5) is 26.4. The molecule has 1 aliphatic heterocycles. The number of carboxylic acids is 1. The molecule has 8 heteroatoms. The Hall–Kier alpha value is -1.93. The predicted octanol–water partition coefficient (Wildman–Crippen LogP) is 2.75. The molecule has 1 N–H and O–H groups in total. The molecule has 0 unspecified atom stereocenters. The predicted molar refractivity (Wildman–Crippen MR) is 113 cm³/mol. The van der Waals surface area contributed by atoms with Gasteiger partial charge in [0.15, 0.2) is 0 Å². The first-order valence-electron chi connectivity index (χ1n) is 10.9. The second-order valence-corrected chi connectivity index (χ2v) is 10.3. The van der Waals surface area contributed by atoms with Crippen molar-refractivity contribution in [3.8, 4) is 0 Å². The second kappa shape index (κ2) is 9.92. The van der Waals surface area contributed by atoms with Gasteiger partial charge in [-0.05, 0) is 43.4 Å². The van der Waals surface area contributed by atoms with Gasteiger partial charge in [0.25, 0.3) is 0 Å². The van der Waals surface area contributed by atoms with Crippen molar-refractivity contribution in [2.75, 3.05) is 26.2 Å². The molecule has 1 heterocycles. The van der Waals surface area contributed by atoms with E-state index in [-0.39, 0.29) is 23.9 Å². The van der Waals surface area contributed by atoms with Crippen LogP contribution in [0.4, 0.5) is 0 Å². The Bertz CT molecular complexity index is 845. The third-order valence-electron chi connectivity index (χ3n) is 6.33. The number of hydrogen-bond donors (Lipinski definition) is 1. The molecule has 0 aromatic heterocycles. The smallest absolute Gasteiger partial charge is 0.307 e. The summed E-state index contributed by atoms with van der Waals surface area (Å²) in [5.74, 6) is -2.16. The highest BCUT2D eigenvalue weighted by Crippen LogP contribution is 2.32. The van der Waals surface area contributed by atoms with Gasteiger partial charge >= 0.3 is 5.97 Å². The number of carbonyl (C=O) groups excluding carboxylic acids is 1. The van der Waals surface area contributed by atoms with E-state index in [0.29, 0.717) is 25.9 Å².